The van der Waals surface area contributed by atoms with Crippen molar-refractivity contribution in [3.8, 4) is 0 Å². The molecule has 0 aromatic rings. The second kappa shape index (κ2) is 9.24. The molecule has 84 valence electrons. The molecule has 1 heterocycles. The minimum absolute atomic E-state index is 0. The molecule has 0 aliphatic carbocycles. The van der Waals surface area contributed by atoms with Gasteiger partial charge in [-0.2, -0.15) is 13.9 Å². The fraction of sp³-hybridized carbons (Fsp3) is 0.667. The van der Waals surface area contributed by atoms with E-state index in [2.05, 4.69) is 0 Å². The van der Waals surface area contributed by atoms with Gasteiger partial charge in [-0.05, 0) is 0 Å². The second-order valence-corrected chi connectivity index (χ2v) is 2.95. The molecular formula is C6H6BF3K2N2O3. The predicted octanol–water partition coefficient (Wildman–Crippen LogP) is -8.45. The van der Waals surface area contributed by atoms with E-state index in [1.54, 1.807) is 0 Å². The number of piperazine rings is 1. The van der Waals surface area contributed by atoms with Crippen LogP contribution in [0.3, 0.4) is 0 Å². The summed E-state index contributed by atoms with van der Waals surface area (Å²) in [4.78, 5) is 10.3. The minimum atomic E-state index is -3.96. The Morgan fingerprint density at radius 1 is 1.35 bits per heavy atom. The van der Waals surface area contributed by atoms with Crippen molar-refractivity contribution in [1.82, 2.24) is 10.0 Å². The standard InChI is InChI=1S/C6H6BF3N2O3.2K/c8-6(9)5(3-13)12(10)2-1-11(6)4-7(14)15;;/h1-2,4H2;;/q-2;2*+1. The van der Waals surface area contributed by atoms with Gasteiger partial charge in [-0.15, -0.1) is 0 Å². The molecule has 1 aliphatic heterocycles. The first-order valence-electron chi connectivity index (χ1n) is 4.03. The summed E-state index contributed by atoms with van der Waals surface area (Å²) in [7, 11) is -2.48. The summed E-state index contributed by atoms with van der Waals surface area (Å²) in [5, 5.41) is 20.0. The SMILES string of the molecule is O=C=C1N(F)CCN(CB([O-])[O-])C1(F)F.[K+].[K+]. The van der Waals surface area contributed by atoms with Crippen LogP contribution in [0, 0.1) is 0 Å². The van der Waals surface area contributed by atoms with Crippen molar-refractivity contribution >= 4 is 13.1 Å². The fourth-order valence-electron chi connectivity index (χ4n) is 1.25. The first-order chi connectivity index (χ1) is 6.89. The summed E-state index contributed by atoms with van der Waals surface area (Å²) >= 11 is 0. The summed E-state index contributed by atoms with van der Waals surface area (Å²) in [6.07, 6.45) is -0.994. The van der Waals surface area contributed by atoms with Crippen molar-refractivity contribution in [2.24, 2.45) is 0 Å². The summed E-state index contributed by atoms with van der Waals surface area (Å²) in [6.45, 7) is -1.01. The maximum absolute atomic E-state index is 13.2. The minimum Gasteiger partial charge on any atom is -0.892 e. The van der Waals surface area contributed by atoms with Crippen molar-refractivity contribution < 1.29 is 131 Å². The van der Waals surface area contributed by atoms with Crippen LogP contribution in [0.15, 0.2) is 5.70 Å². The van der Waals surface area contributed by atoms with Crippen LogP contribution < -0.4 is 113 Å². The average Bonchev–Trinajstić information content (AvgIpc) is 2.10. The molecule has 1 saturated heterocycles. The molecule has 17 heavy (non-hydrogen) atoms. The van der Waals surface area contributed by atoms with Crippen LogP contribution in [0.2, 0.25) is 0 Å². The number of carbonyl (C=O) groups excluding carboxylic acids is 1. The molecule has 0 N–H and O–H groups in total. The van der Waals surface area contributed by atoms with Gasteiger partial charge in [0.25, 0.3) is 0 Å². The van der Waals surface area contributed by atoms with Gasteiger partial charge in [-0.3, -0.25) is 0 Å². The van der Waals surface area contributed by atoms with Gasteiger partial charge in [-0.1, -0.05) is 18.0 Å². The third kappa shape index (κ3) is 5.64. The fourth-order valence-corrected chi connectivity index (χ4v) is 1.25. The number of rotatable bonds is 2. The quantitative estimate of drug-likeness (QED) is 0.219. The summed E-state index contributed by atoms with van der Waals surface area (Å²) in [5.74, 6) is 0.769. The van der Waals surface area contributed by atoms with Crippen molar-refractivity contribution in [1.29, 1.82) is 0 Å². The molecule has 0 aromatic carbocycles. The van der Waals surface area contributed by atoms with Gasteiger partial charge in [-0.25, -0.2) is 9.69 Å². The van der Waals surface area contributed by atoms with Crippen molar-refractivity contribution in [3.63, 3.8) is 0 Å². The summed E-state index contributed by atoms with van der Waals surface area (Å²) in [5.41, 5.74) is -1.51. The molecule has 1 rings (SSSR count). The first-order valence-corrected chi connectivity index (χ1v) is 4.03. The Morgan fingerprint density at radius 2 is 1.88 bits per heavy atom. The molecule has 0 amide bonds. The van der Waals surface area contributed by atoms with Crippen molar-refractivity contribution in [2.75, 3.05) is 19.5 Å². The number of hydrogen-bond donors (Lipinski definition) is 0. The molecule has 11 heteroatoms. The van der Waals surface area contributed by atoms with Crippen LogP contribution in [0.25, 0.3) is 0 Å². The molecule has 0 unspecified atom stereocenters. The normalized spacial score (nSPS) is 18.9. The van der Waals surface area contributed by atoms with E-state index in [-0.39, 0.29) is 108 Å². The maximum atomic E-state index is 13.2. The second-order valence-electron chi connectivity index (χ2n) is 2.95. The maximum Gasteiger partial charge on any atom is 1.00 e. The molecule has 0 saturated carbocycles. The molecule has 1 aliphatic rings. The van der Waals surface area contributed by atoms with Crippen LogP contribution in [-0.2, 0) is 4.79 Å². The number of alkyl halides is 2. The van der Waals surface area contributed by atoms with Gasteiger partial charge in [0.15, 0.2) is 5.94 Å². The van der Waals surface area contributed by atoms with Gasteiger partial charge in [0.2, 0.25) is 5.70 Å². The smallest absolute Gasteiger partial charge is 0.892 e. The Labute approximate surface area is 181 Å². The van der Waals surface area contributed by atoms with E-state index < -0.39 is 43.5 Å². The van der Waals surface area contributed by atoms with E-state index in [0.717, 1.165) is 5.94 Å². The van der Waals surface area contributed by atoms with Crippen LogP contribution in [-0.4, -0.2) is 48.7 Å². The Hall–Kier alpha value is 2.26. The zero-order valence-corrected chi connectivity index (χ0v) is 15.7. The molecule has 0 bridgehead atoms. The van der Waals surface area contributed by atoms with Gasteiger partial charge in [0.1, 0.15) is 0 Å². The van der Waals surface area contributed by atoms with Crippen molar-refractivity contribution in [3.05, 3.63) is 5.70 Å². The zero-order valence-electron chi connectivity index (χ0n) is 9.45. The molecule has 0 atom stereocenters. The molecule has 0 aromatic heterocycles. The largest absolute Gasteiger partial charge is 1.00 e. The third-order valence-corrected chi connectivity index (χ3v) is 1.96. The van der Waals surface area contributed by atoms with Crippen LogP contribution >= 0.6 is 0 Å². The molecular weight excluding hydrogens is 294 g/mol. The van der Waals surface area contributed by atoms with Crippen LogP contribution in [0.1, 0.15) is 0 Å². The van der Waals surface area contributed by atoms with Crippen LogP contribution in [0.5, 0.6) is 0 Å². The van der Waals surface area contributed by atoms with Crippen LogP contribution in [0.4, 0.5) is 13.3 Å². The molecule has 0 radical (unpaired) electrons. The zero-order chi connectivity index (χ0) is 11.6. The number of hydrogen-bond acceptors (Lipinski definition) is 5. The predicted molar refractivity (Wildman–Crippen MR) is 39.3 cm³/mol. The van der Waals surface area contributed by atoms with E-state index in [0.29, 0.717) is 0 Å². The Kier molecular flexibility index (Phi) is 11.7. The van der Waals surface area contributed by atoms with E-state index in [9.17, 15) is 28.1 Å². The number of halogens is 3. The van der Waals surface area contributed by atoms with E-state index in [1.807, 2.05) is 0 Å². The Morgan fingerprint density at radius 3 is 2.29 bits per heavy atom. The van der Waals surface area contributed by atoms with Gasteiger partial charge >= 0.3 is 109 Å². The Balaban J connectivity index is 0. The van der Waals surface area contributed by atoms with Crippen molar-refractivity contribution in [2.45, 2.75) is 6.05 Å². The molecule has 5 nitrogen and oxygen atoms in total. The summed E-state index contributed by atoms with van der Waals surface area (Å²) in [6, 6.07) is -3.96. The first kappa shape index (κ1) is 21.6. The topological polar surface area (TPSA) is 69.7 Å². The van der Waals surface area contributed by atoms with Gasteiger partial charge in [0, 0.05) is 6.54 Å². The third-order valence-electron chi connectivity index (χ3n) is 1.96. The summed E-state index contributed by atoms with van der Waals surface area (Å²) < 4.78 is 39.1. The molecule has 0 spiro atoms. The average molecular weight is 300 g/mol. The van der Waals surface area contributed by atoms with Gasteiger partial charge in [0.05, 0.1) is 6.54 Å². The monoisotopic (exact) mass is 300 g/mol. The van der Waals surface area contributed by atoms with E-state index in [4.69, 9.17) is 0 Å². The van der Waals surface area contributed by atoms with E-state index in [1.165, 1.54) is 0 Å². The Bertz CT molecular complexity index is 304. The van der Waals surface area contributed by atoms with E-state index >= 15 is 0 Å². The number of nitrogens with zero attached hydrogens (tertiary/aromatic N) is 2. The molecule has 1 fully saturated rings. The van der Waals surface area contributed by atoms with Gasteiger partial charge < -0.3 is 10.0 Å².